The molecule has 1 amide bonds. The highest BCUT2D eigenvalue weighted by Crippen LogP contribution is 2.13. The third-order valence-electron chi connectivity index (χ3n) is 4.37. The van der Waals surface area contributed by atoms with Gasteiger partial charge >= 0.3 is 0 Å². The van der Waals surface area contributed by atoms with Crippen molar-refractivity contribution in [3.05, 3.63) is 66.5 Å². The predicted octanol–water partition coefficient (Wildman–Crippen LogP) is 3.68. The van der Waals surface area contributed by atoms with E-state index < -0.39 is 0 Å². The van der Waals surface area contributed by atoms with Crippen LogP contribution in [0.3, 0.4) is 0 Å². The van der Waals surface area contributed by atoms with E-state index in [2.05, 4.69) is 27.8 Å². The standard InChI is InChI=1S/C22H27N5O2/c1-2-3-6-17-29-19-9-7-18(8-10-19)22(28)24-14-13-23-20-11-12-21(26-25-20)27-15-4-5-16-27/h4-5,7-12,15-16H,2-3,6,13-14,17H2,1H3,(H,23,25)(H,24,28). The van der Waals surface area contributed by atoms with Crippen LogP contribution in [0.2, 0.25) is 0 Å². The van der Waals surface area contributed by atoms with Gasteiger partial charge in [-0.1, -0.05) is 19.8 Å². The zero-order chi connectivity index (χ0) is 20.3. The summed E-state index contributed by atoms with van der Waals surface area (Å²) in [5.41, 5.74) is 0.613. The van der Waals surface area contributed by atoms with Crippen molar-refractivity contribution < 1.29 is 9.53 Å². The molecule has 0 radical (unpaired) electrons. The second-order valence-corrected chi connectivity index (χ2v) is 6.63. The van der Waals surface area contributed by atoms with Crippen molar-refractivity contribution >= 4 is 11.7 Å². The predicted molar refractivity (Wildman–Crippen MR) is 114 cm³/mol. The van der Waals surface area contributed by atoms with Gasteiger partial charge in [0.05, 0.1) is 6.61 Å². The Labute approximate surface area is 171 Å². The van der Waals surface area contributed by atoms with Gasteiger partial charge in [0.1, 0.15) is 11.6 Å². The first kappa shape index (κ1) is 20.4. The molecule has 1 aromatic carbocycles. The Morgan fingerprint density at radius 3 is 2.48 bits per heavy atom. The van der Waals surface area contributed by atoms with Gasteiger partial charge in [-0.25, -0.2) is 0 Å². The zero-order valence-corrected chi connectivity index (χ0v) is 16.7. The van der Waals surface area contributed by atoms with E-state index in [-0.39, 0.29) is 5.91 Å². The minimum absolute atomic E-state index is 0.113. The molecule has 0 aliphatic carbocycles. The quantitative estimate of drug-likeness (QED) is 0.486. The van der Waals surface area contributed by atoms with Crippen LogP contribution in [0.15, 0.2) is 60.9 Å². The number of anilines is 1. The third kappa shape index (κ3) is 6.34. The van der Waals surface area contributed by atoms with Gasteiger partial charge in [-0.05, 0) is 55.0 Å². The van der Waals surface area contributed by atoms with Crippen LogP contribution in [-0.4, -0.2) is 40.4 Å². The minimum atomic E-state index is -0.113. The molecule has 0 saturated heterocycles. The Morgan fingerprint density at radius 2 is 1.79 bits per heavy atom. The molecule has 152 valence electrons. The Kier molecular flexibility index (Phi) is 7.63. The number of rotatable bonds is 11. The van der Waals surface area contributed by atoms with Gasteiger partial charge < -0.3 is 19.9 Å². The number of aromatic nitrogens is 3. The number of unbranched alkanes of at least 4 members (excludes halogenated alkanes) is 2. The fourth-order valence-electron chi connectivity index (χ4n) is 2.76. The normalized spacial score (nSPS) is 10.5. The second kappa shape index (κ2) is 10.8. The molecule has 0 aliphatic rings. The molecule has 2 heterocycles. The number of amides is 1. The second-order valence-electron chi connectivity index (χ2n) is 6.63. The maximum absolute atomic E-state index is 12.2. The average Bonchev–Trinajstić information content (AvgIpc) is 3.30. The van der Waals surface area contributed by atoms with Crippen molar-refractivity contribution in [2.24, 2.45) is 0 Å². The summed E-state index contributed by atoms with van der Waals surface area (Å²) in [4.78, 5) is 12.2. The molecule has 7 heteroatoms. The van der Waals surface area contributed by atoms with Gasteiger partial charge in [-0.15, -0.1) is 10.2 Å². The maximum Gasteiger partial charge on any atom is 0.251 e. The van der Waals surface area contributed by atoms with E-state index in [1.807, 2.05) is 53.4 Å². The molecule has 3 rings (SSSR count). The van der Waals surface area contributed by atoms with E-state index in [0.717, 1.165) is 24.4 Å². The van der Waals surface area contributed by atoms with Crippen LogP contribution in [0, 0.1) is 0 Å². The van der Waals surface area contributed by atoms with E-state index in [1.165, 1.54) is 6.42 Å². The molecule has 2 aromatic heterocycles. The summed E-state index contributed by atoms with van der Waals surface area (Å²) < 4.78 is 7.55. The van der Waals surface area contributed by atoms with Crippen molar-refractivity contribution in [1.29, 1.82) is 0 Å². The summed E-state index contributed by atoms with van der Waals surface area (Å²) in [7, 11) is 0. The van der Waals surface area contributed by atoms with E-state index in [0.29, 0.717) is 31.1 Å². The Hall–Kier alpha value is -3.35. The Morgan fingerprint density at radius 1 is 1.00 bits per heavy atom. The highest BCUT2D eigenvalue weighted by Gasteiger charge is 2.05. The molecule has 2 N–H and O–H groups in total. The first-order valence-electron chi connectivity index (χ1n) is 9.98. The number of carbonyl (C=O) groups is 1. The van der Waals surface area contributed by atoms with E-state index >= 15 is 0 Å². The molecule has 0 bridgehead atoms. The molecule has 0 unspecified atom stereocenters. The number of ether oxygens (including phenoxy) is 1. The molecule has 0 aliphatic heterocycles. The number of nitrogens with zero attached hydrogens (tertiary/aromatic N) is 3. The zero-order valence-electron chi connectivity index (χ0n) is 16.7. The lowest BCUT2D eigenvalue weighted by Crippen LogP contribution is -2.28. The Balaban J connectivity index is 1.37. The van der Waals surface area contributed by atoms with Gasteiger partial charge in [-0.2, -0.15) is 0 Å². The first-order chi connectivity index (χ1) is 14.3. The van der Waals surface area contributed by atoms with Crippen LogP contribution in [0.1, 0.15) is 36.5 Å². The van der Waals surface area contributed by atoms with Crippen LogP contribution in [0.4, 0.5) is 5.82 Å². The van der Waals surface area contributed by atoms with Crippen molar-refractivity contribution in [3.8, 4) is 11.6 Å². The molecule has 0 atom stereocenters. The number of hydrogen-bond acceptors (Lipinski definition) is 5. The smallest absolute Gasteiger partial charge is 0.251 e. The van der Waals surface area contributed by atoms with Crippen LogP contribution < -0.4 is 15.4 Å². The van der Waals surface area contributed by atoms with Crippen LogP contribution in [-0.2, 0) is 0 Å². The molecular formula is C22H27N5O2. The highest BCUT2D eigenvalue weighted by atomic mass is 16.5. The van der Waals surface area contributed by atoms with Crippen molar-refractivity contribution in [2.45, 2.75) is 26.2 Å². The largest absolute Gasteiger partial charge is 0.494 e. The van der Waals surface area contributed by atoms with Gasteiger partial charge in [0.2, 0.25) is 0 Å². The van der Waals surface area contributed by atoms with Crippen molar-refractivity contribution in [2.75, 3.05) is 25.0 Å². The van der Waals surface area contributed by atoms with Gasteiger partial charge in [-0.3, -0.25) is 4.79 Å². The van der Waals surface area contributed by atoms with Gasteiger partial charge in [0, 0.05) is 31.0 Å². The SMILES string of the molecule is CCCCCOc1ccc(C(=O)NCCNc2ccc(-n3cccc3)nn2)cc1. The molecular weight excluding hydrogens is 366 g/mol. The molecule has 29 heavy (non-hydrogen) atoms. The number of nitrogens with one attached hydrogen (secondary N) is 2. The average molecular weight is 393 g/mol. The summed E-state index contributed by atoms with van der Waals surface area (Å²) in [5.74, 6) is 2.10. The summed E-state index contributed by atoms with van der Waals surface area (Å²) in [6, 6.07) is 14.9. The van der Waals surface area contributed by atoms with Crippen molar-refractivity contribution in [3.63, 3.8) is 0 Å². The van der Waals surface area contributed by atoms with Gasteiger partial charge in [0.25, 0.3) is 5.91 Å². The molecule has 3 aromatic rings. The summed E-state index contributed by atoms with van der Waals surface area (Å²) in [5, 5.41) is 14.4. The number of carbonyl (C=O) groups excluding carboxylic acids is 1. The minimum Gasteiger partial charge on any atom is -0.494 e. The molecule has 0 spiro atoms. The summed E-state index contributed by atoms with van der Waals surface area (Å²) >= 11 is 0. The molecule has 0 saturated carbocycles. The fraction of sp³-hybridized carbons (Fsp3) is 0.318. The van der Waals surface area contributed by atoms with Gasteiger partial charge in [0.15, 0.2) is 5.82 Å². The monoisotopic (exact) mass is 393 g/mol. The lowest BCUT2D eigenvalue weighted by Gasteiger charge is -2.09. The van der Waals surface area contributed by atoms with Crippen LogP contribution in [0.5, 0.6) is 5.75 Å². The number of hydrogen-bond donors (Lipinski definition) is 2. The van der Waals surface area contributed by atoms with Crippen LogP contribution >= 0.6 is 0 Å². The lowest BCUT2D eigenvalue weighted by molar-refractivity contribution is 0.0955. The molecule has 0 fully saturated rings. The van der Waals surface area contributed by atoms with Crippen molar-refractivity contribution in [1.82, 2.24) is 20.1 Å². The molecule has 7 nitrogen and oxygen atoms in total. The topological polar surface area (TPSA) is 81.1 Å². The lowest BCUT2D eigenvalue weighted by atomic mass is 10.2. The van der Waals surface area contributed by atoms with E-state index in [1.54, 1.807) is 12.1 Å². The maximum atomic E-state index is 12.2. The third-order valence-corrected chi connectivity index (χ3v) is 4.37. The summed E-state index contributed by atoms with van der Waals surface area (Å²) in [6.07, 6.45) is 7.21. The fourth-order valence-corrected chi connectivity index (χ4v) is 2.76. The van der Waals surface area contributed by atoms with E-state index in [4.69, 9.17) is 4.74 Å². The first-order valence-corrected chi connectivity index (χ1v) is 9.98. The summed E-state index contributed by atoms with van der Waals surface area (Å²) in [6.45, 7) is 3.91. The van der Waals surface area contributed by atoms with E-state index in [9.17, 15) is 4.79 Å². The highest BCUT2D eigenvalue weighted by molar-refractivity contribution is 5.94. The van der Waals surface area contributed by atoms with Crippen LogP contribution in [0.25, 0.3) is 5.82 Å². The Bertz CT molecular complexity index is 861. The number of benzene rings is 1.